The Bertz CT molecular complexity index is 1000. The molecule has 2 aromatic rings. The molecule has 0 aliphatic carbocycles. The van der Waals surface area contributed by atoms with Gasteiger partial charge in [0, 0.05) is 35.3 Å². The number of amides is 2. The van der Waals surface area contributed by atoms with Crippen molar-refractivity contribution in [1.82, 2.24) is 4.90 Å². The maximum Gasteiger partial charge on any atom is 0.487 e. The van der Waals surface area contributed by atoms with Gasteiger partial charge in [-0.2, -0.15) is 0 Å². The highest BCUT2D eigenvalue weighted by atomic mass is 35.5. The van der Waals surface area contributed by atoms with Crippen LogP contribution in [0.2, 0.25) is 5.02 Å². The van der Waals surface area contributed by atoms with Crippen molar-refractivity contribution in [3.63, 3.8) is 0 Å². The molecule has 1 aliphatic rings. The Labute approximate surface area is 191 Å². The third-order valence-corrected chi connectivity index (χ3v) is 5.64. The first-order chi connectivity index (χ1) is 14.6. The standard InChI is InChI=1S/C20H17Cl2F2N3O3S/c1-2-27-17(28)11-16(18(29)25-14-5-3-4-12(21)10-14)31-19(27)26-13-6-8-15(9-7-13)30-20(22,23)24/h3-10,16H,2,11H2,1H3,(H,25,29). The monoisotopic (exact) mass is 487 g/mol. The molecule has 0 saturated carbocycles. The van der Waals surface area contributed by atoms with Crippen LogP contribution in [0.1, 0.15) is 13.3 Å². The highest BCUT2D eigenvalue weighted by Gasteiger charge is 2.35. The number of carbonyl (C=O) groups excluding carboxylic acids is 2. The Hall–Kier alpha value is -2.36. The molecule has 164 valence electrons. The van der Waals surface area contributed by atoms with E-state index in [2.05, 4.69) is 15.0 Å². The average molecular weight is 488 g/mol. The van der Waals surface area contributed by atoms with E-state index in [1.807, 2.05) is 0 Å². The van der Waals surface area contributed by atoms with E-state index in [4.69, 9.17) is 23.2 Å². The van der Waals surface area contributed by atoms with Gasteiger partial charge in [-0.15, -0.1) is 8.78 Å². The van der Waals surface area contributed by atoms with Crippen molar-refractivity contribution in [2.45, 2.75) is 24.2 Å². The zero-order valence-electron chi connectivity index (χ0n) is 16.1. The number of benzene rings is 2. The fourth-order valence-corrected chi connectivity index (χ4v) is 4.22. The molecular weight excluding hydrogens is 471 g/mol. The molecule has 1 N–H and O–H groups in total. The second-order valence-electron chi connectivity index (χ2n) is 6.38. The van der Waals surface area contributed by atoms with Gasteiger partial charge in [0.15, 0.2) is 5.17 Å². The summed E-state index contributed by atoms with van der Waals surface area (Å²) in [7, 11) is 0. The van der Waals surface area contributed by atoms with Crippen molar-refractivity contribution in [1.29, 1.82) is 0 Å². The Morgan fingerprint density at radius 3 is 2.65 bits per heavy atom. The number of aliphatic imine (C=N–C) groups is 1. The molecule has 1 unspecified atom stereocenters. The van der Waals surface area contributed by atoms with Crippen molar-refractivity contribution in [2.24, 2.45) is 4.99 Å². The van der Waals surface area contributed by atoms with Crippen LogP contribution < -0.4 is 10.1 Å². The highest BCUT2D eigenvalue weighted by molar-refractivity contribution is 8.15. The minimum atomic E-state index is -3.82. The number of rotatable bonds is 6. The third-order valence-electron chi connectivity index (χ3n) is 4.14. The molecule has 3 rings (SSSR count). The molecule has 0 aromatic heterocycles. The number of alkyl halides is 3. The molecule has 1 atom stereocenters. The number of hydrogen-bond donors (Lipinski definition) is 1. The summed E-state index contributed by atoms with van der Waals surface area (Å²) in [6.07, 6.45) is 0.0154. The highest BCUT2D eigenvalue weighted by Crippen LogP contribution is 2.31. The molecule has 2 aromatic carbocycles. The molecule has 0 radical (unpaired) electrons. The van der Waals surface area contributed by atoms with Crippen molar-refractivity contribution >= 4 is 63.3 Å². The first-order valence-electron chi connectivity index (χ1n) is 9.12. The van der Waals surface area contributed by atoms with Gasteiger partial charge in [-0.25, -0.2) is 4.99 Å². The number of amidine groups is 1. The predicted octanol–water partition coefficient (Wildman–Crippen LogP) is 5.49. The third kappa shape index (κ3) is 6.56. The molecule has 1 saturated heterocycles. The average Bonchev–Trinajstić information content (AvgIpc) is 2.68. The van der Waals surface area contributed by atoms with E-state index in [-0.39, 0.29) is 24.0 Å². The summed E-state index contributed by atoms with van der Waals surface area (Å²) >= 11 is 11.8. The first kappa shape index (κ1) is 23.3. The van der Waals surface area contributed by atoms with E-state index >= 15 is 0 Å². The van der Waals surface area contributed by atoms with E-state index < -0.39 is 10.8 Å². The normalized spacial score (nSPS) is 18.2. The largest absolute Gasteiger partial charge is 0.487 e. The Kier molecular flexibility index (Phi) is 7.40. The number of nitrogens with zero attached hydrogens (tertiary/aromatic N) is 2. The zero-order chi connectivity index (χ0) is 22.6. The van der Waals surface area contributed by atoms with Crippen molar-refractivity contribution in [2.75, 3.05) is 11.9 Å². The summed E-state index contributed by atoms with van der Waals surface area (Å²) in [5, 5.41) is 2.87. The smallest absolute Gasteiger partial charge is 0.420 e. The summed E-state index contributed by atoms with van der Waals surface area (Å²) in [5.41, 5.74) is -2.90. The van der Waals surface area contributed by atoms with Crippen molar-refractivity contribution in [3.8, 4) is 5.75 Å². The van der Waals surface area contributed by atoms with Gasteiger partial charge in [-0.3, -0.25) is 14.5 Å². The van der Waals surface area contributed by atoms with Gasteiger partial charge in [0.1, 0.15) is 11.0 Å². The molecule has 0 spiro atoms. The van der Waals surface area contributed by atoms with Crippen molar-refractivity contribution in [3.05, 3.63) is 53.6 Å². The minimum Gasteiger partial charge on any atom is -0.420 e. The second kappa shape index (κ2) is 9.84. The quantitative estimate of drug-likeness (QED) is 0.547. The maximum absolute atomic E-state index is 12.7. The van der Waals surface area contributed by atoms with Crippen LogP contribution >= 0.6 is 35.0 Å². The fraction of sp³-hybridized carbons (Fsp3) is 0.250. The van der Waals surface area contributed by atoms with Gasteiger partial charge >= 0.3 is 5.57 Å². The van der Waals surface area contributed by atoms with Crippen LogP contribution in [0.4, 0.5) is 20.2 Å². The summed E-state index contributed by atoms with van der Waals surface area (Å²) in [6, 6.07) is 12.1. The van der Waals surface area contributed by atoms with E-state index in [0.717, 1.165) is 11.8 Å². The number of anilines is 1. The van der Waals surface area contributed by atoms with Crippen LogP contribution in [-0.4, -0.2) is 39.2 Å². The molecule has 1 aliphatic heterocycles. The van der Waals surface area contributed by atoms with Gasteiger partial charge in [0.25, 0.3) is 0 Å². The molecule has 31 heavy (non-hydrogen) atoms. The van der Waals surface area contributed by atoms with Crippen LogP contribution in [0.3, 0.4) is 0 Å². The summed E-state index contributed by atoms with van der Waals surface area (Å²) in [4.78, 5) is 31.1. The minimum absolute atomic E-state index is 0.0154. The number of hydrogen-bond acceptors (Lipinski definition) is 5. The Morgan fingerprint density at radius 1 is 1.32 bits per heavy atom. The zero-order valence-corrected chi connectivity index (χ0v) is 18.5. The lowest BCUT2D eigenvalue weighted by atomic mass is 10.2. The summed E-state index contributed by atoms with van der Waals surface area (Å²) in [5.74, 6) is -0.729. The number of nitrogens with one attached hydrogen (secondary N) is 1. The van der Waals surface area contributed by atoms with Gasteiger partial charge in [0.05, 0.1) is 5.69 Å². The second-order valence-corrected chi connectivity index (χ2v) is 8.43. The molecule has 2 amide bonds. The van der Waals surface area contributed by atoms with Gasteiger partial charge in [-0.05, 0) is 49.4 Å². The predicted molar refractivity (Wildman–Crippen MR) is 118 cm³/mol. The molecule has 1 fully saturated rings. The Balaban J connectivity index is 1.77. The van der Waals surface area contributed by atoms with Crippen molar-refractivity contribution < 1.29 is 23.1 Å². The van der Waals surface area contributed by atoms with Crippen LogP contribution in [-0.2, 0) is 9.59 Å². The van der Waals surface area contributed by atoms with Gasteiger partial charge in [-0.1, -0.05) is 29.4 Å². The van der Waals surface area contributed by atoms with E-state index in [1.54, 1.807) is 31.2 Å². The van der Waals surface area contributed by atoms with Crippen LogP contribution in [0.15, 0.2) is 53.5 Å². The van der Waals surface area contributed by atoms with E-state index in [0.29, 0.717) is 28.1 Å². The topological polar surface area (TPSA) is 71.0 Å². The van der Waals surface area contributed by atoms with Gasteiger partial charge < -0.3 is 10.1 Å². The number of carbonyl (C=O) groups is 2. The molecule has 6 nitrogen and oxygen atoms in total. The lowest BCUT2D eigenvalue weighted by Gasteiger charge is -2.30. The SMILES string of the molecule is CCN1C(=O)CC(C(=O)Nc2cccc(Cl)c2)SC1=Nc1ccc(OC(F)(F)Cl)cc1. The number of halogens is 4. The van der Waals surface area contributed by atoms with Crippen LogP contribution in [0, 0.1) is 0 Å². The Morgan fingerprint density at radius 2 is 2.03 bits per heavy atom. The maximum atomic E-state index is 12.7. The summed E-state index contributed by atoms with van der Waals surface area (Å²) < 4.78 is 29.8. The van der Waals surface area contributed by atoms with Gasteiger partial charge in [0.2, 0.25) is 11.8 Å². The van der Waals surface area contributed by atoms with Crippen LogP contribution in [0.25, 0.3) is 0 Å². The number of thioether (sulfide) groups is 1. The van der Waals surface area contributed by atoms with E-state index in [1.165, 1.54) is 29.2 Å². The van der Waals surface area contributed by atoms with Crippen LogP contribution in [0.5, 0.6) is 5.75 Å². The molecule has 1 heterocycles. The fourth-order valence-electron chi connectivity index (χ4n) is 2.77. The first-order valence-corrected chi connectivity index (χ1v) is 10.8. The summed E-state index contributed by atoms with van der Waals surface area (Å²) in [6.45, 7) is 2.16. The lowest BCUT2D eigenvalue weighted by Crippen LogP contribution is -2.45. The molecule has 0 bridgehead atoms. The molecule has 11 heteroatoms. The number of ether oxygens (including phenoxy) is 1. The van der Waals surface area contributed by atoms with E-state index in [9.17, 15) is 18.4 Å². The lowest BCUT2D eigenvalue weighted by molar-refractivity contribution is -0.129. The molecular formula is C20H17Cl2F2N3O3S.